The zero-order valence-electron chi connectivity index (χ0n) is 35.7. The summed E-state index contributed by atoms with van der Waals surface area (Å²) in [7, 11) is 1.47. The van der Waals surface area contributed by atoms with Crippen LogP contribution in [0.4, 0.5) is 0 Å². The minimum absolute atomic E-state index is 0. The molecule has 0 spiro atoms. The van der Waals surface area contributed by atoms with Crippen molar-refractivity contribution in [1.29, 1.82) is 0 Å². The second-order valence-electron chi connectivity index (χ2n) is 15.8. The van der Waals surface area contributed by atoms with Crippen LogP contribution in [0.15, 0.2) is 72.9 Å². The summed E-state index contributed by atoms with van der Waals surface area (Å²) in [6.45, 7) is 4.83. The van der Waals surface area contributed by atoms with Crippen molar-refractivity contribution in [2.75, 3.05) is 20.1 Å². The third-order valence-corrected chi connectivity index (χ3v) is 11.9. The van der Waals surface area contributed by atoms with Gasteiger partial charge in [-0.25, -0.2) is 9.78 Å². The van der Waals surface area contributed by atoms with E-state index in [9.17, 15) is 38.7 Å². The Kier molecular flexibility index (Phi) is 16.7. The number of carbonyl (C=O) groups is 8. The van der Waals surface area contributed by atoms with Gasteiger partial charge in [0, 0.05) is 71.4 Å². The van der Waals surface area contributed by atoms with Crippen LogP contribution in [0.1, 0.15) is 80.5 Å². The Labute approximate surface area is 390 Å². The molecule has 0 aliphatic carbocycles. The maximum Gasteiger partial charge on any atom is 0.333 e. The molecule has 6 rings (SSSR count). The molecule has 8 atom stereocenters. The Bertz CT molecular complexity index is 2180. The van der Waals surface area contributed by atoms with Crippen LogP contribution in [-0.4, -0.2) is 128 Å². The van der Waals surface area contributed by atoms with E-state index >= 15 is 4.79 Å². The number of Topliss-reactive ketones (excluding diaryl/α,β-unsaturated/α-hetero) is 1. The van der Waals surface area contributed by atoms with Gasteiger partial charge in [0.05, 0.1) is 0 Å². The smallest absolute Gasteiger partial charge is 0.333 e. The van der Waals surface area contributed by atoms with Crippen LogP contribution in [0.3, 0.4) is 0 Å². The first-order valence-corrected chi connectivity index (χ1v) is 20.9. The van der Waals surface area contributed by atoms with Crippen molar-refractivity contribution < 1.29 is 80.9 Å². The third-order valence-electron chi connectivity index (χ3n) is 11.9. The number of rotatable bonds is 7. The monoisotopic (exact) mass is 939 g/mol. The van der Waals surface area contributed by atoms with E-state index in [0.717, 1.165) is 0 Å². The number of ketones is 1. The summed E-state index contributed by atoms with van der Waals surface area (Å²) in [5.74, 6) is -6.88. The van der Waals surface area contributed by atoms with E-state index in [1.807, 2.05) is 0 Å². The largest absolute Gasteiger partial charge is 0.505 e. The molecule has 1 aromatic heterocycles. The fourth-order valence-electron chi connectivity index (χ4n) is 8.27. The Balaban J connectivity index is 0.00000748. The summed E-state index contributed by atoms with van der Waals surface area (Å²) in [6.07, 6.45) is 0.603. The summed E-state index contributed by atoms with van der Waals surface area (Å²) in [5, 5.41) is 18.2. The van der Waals surface area contributed by atoms with Crippen LogP contribution in [0.2, 0.25) is 0 Å². The Morgan fingerprint density at radius 3 is 2.27 bits per heavy atom. The van der Waals surface area contributed by atoms with Gasteiger partial charge in [-0.15, -0.1) is 0 Å². The number of fused-ring (bicyclic) bond motifs is 2. The zero-order valence-corrected chi connectivity index (χ0v) is 38.5. The van der Waals surface area contributed by atoms with Gasteiger partial charge < -0.3 is 40.5 Å². The molecule has 18 heteroatoms. The first-order valence-electron chi connectivity index (χ1n) is 20.9. The van der Waals surface area contributed by atoms with Gasteiger partial charge in [0.1, 0.15) is 47.8 Å². The molecule has 6 amide bonds. The topological polar surface area (TPSA) is 225 Å². The minimum atomic E-state index is -1.68. The number of hydrogen-bond donors (Lipinski definition) is 4. The number of nitrogens with one attached hydrogen (secondary N) is 3. The number of nitrogens with zero attached hydrogens (tertiary/aromatic N) is 4. The number of carbonyl (C=O) groups excluding carboxylic acids is 8. The van der Waals surface area contributed by atoms with Crippen molar-refractivity contribution in [3.05, 3.63) is 95.8 Å². The average Bonchev–Trinajstić information content (AvgIpc) is 3.77. The van der Waals surface area contributed by atoms with Crippen molar-refractivity contribution >= 4 is 47.2 Å². The van der Waals surface area contributed by atoms with E-state index in [-0.39, 0.29) is 82.8 Å². The quantitative estimate of drug-likeness (QED) is 0.197. The molecular weight excluding hydrogens is 887 g/mol. The number of likely N-dealkylation sites (N-methyl/N-ethyl adjacent to an activating group) is 1. The maximum atomic E-state index is 15.0. The normalized spacial score (nSPS) is 26.5. The van der Waals surface area contributed by atoms with Crippen molar-refractivity contribution in [3.63, 3.8) is 0 Å². The Hall–Kier alpha value is -5.55. The molecule has 4 N–H and O–H groups in total. The van der Waals surface area contributed by atoms with E-state index in [1.54, 1.807) is 68.4 Å². The maximum absolute atomic E-state index is 15.0. The second-order valence-corrected chi connectivity index (χ2v) is 15.8. The van der Waals surface area contributed by atoms with Gasteiger partial charge in [0.25, 0.3) is 5.91 Å². The molecule has 3 aromatic rings. The first kappa shape index (κ1) is 48.5. The molecule has 3 fully saturated rings. The fraction of sp³-hybridized carbons (Fsp3) is 0.444. The Morgan fingerprint density at radius 1 is 0.889 bits per heavy atom. The fourth-order valence-corrected chi connectivity index (χ4v) is 8.27. The SMILES string of the molecule is CCC1CN2C(=O)[C@H](Cc3cc[c-]cc3)N(C)C(=O)[C@@H]3CCCN3C(=O)[C@@H](CC)NC(=O)[C@@H](NC(=O)c3ncccc3O)[C@@H](C)OC(=O)[C@H](c3ccccc3)NC(=O)[C@@H]2CC1=O.[Y]. The number of cyclic esters (lactones) is 1. The number of amides is 6. The number of pyridine rings is 1. The number of aromatic hydroxyl groups is 1. The number of piperidine rings is 1. The van der Waals surface area contributed by atoms with Crippen LogP contribution in [-0.2, 0) is 77.4 Å². The zero-order chi connectivity index (χ0) is 44.7. The number of ether oxygens (including phenoxy) is 1. The van der Waals surface area contributed by atoms with Gasteiger partial charge in [-0.3, -0.25) is 33.6 Å². The number of aromatic nitrogens is 1. The minimum Gasteiger partial charge on any atom is -0.505 e. The molecule has 331 valence electrons. The van der Waals surface area contributed by atoms with Crippen molar-refractivity contribution in [2.45, 2.75) is 102 Å². The van der Waals surface area contributed by atoms with Crippen molar-refractivity contribution in [3.8, 4) is 5.75 Å². The number of hydrogen-bond acceptors (Lipinski definition) is 11. The molecule has 2 aromatic carbocycles. The molecule has 63 heavy (non-hydrogen) atoms. The predicted octanol–water partition coefficient (Wildman–Crippen LogP) is 1.64. The van der Waals surface area contributed by atoms with E-state index in [4.69, 9.17) is 4.74 Å². The van der Waals surface area contributed by atoms with Crippen LogP contribution >= 0.6 is 0 Å². The average molecular weight is 940 g/mol. The molecule has 3 saturated heterocycles. The van der Waals surface area contributed by atoms with Crippen molar-refractivity contribution in [1.82, 2.24) is 35.6 Å². The van der Waals surface area contributed by atoms with Gasteiger partial charge in [0.15, 0.2) is 11.7 Å². The predicted molar refractivity (Wildman–Crippen MR) is 221 cm³/mol. The van der Waals surface area contributed by atoms with Crippen LogP contribution in [0.25, 0.3) is 0 Å². The first-order chi connectivity index (χ1) is 29.7. The van der Waals surface area contributed by atoms with Gasteiger partial charge >= 0.3 is 5.97 Å². The van der Waals surface area contributed by atoms with E-state index in [2.05, 4.69) is 27.0 Å². The second kappa shape index (κ2) is 21.7. The van der Waals surface area contributed by atoms with E-state index in [1.165, 1.54) is 47.0 Å². The molecule has 3 aliphatic rings. The molecule has 3 aliphatic heterocycles. The summed E-state index contributed by atoms with van der Waals surface area (Å²) in [5.41, 5.74) is 0.528. The number of esters is 1. The summed E-state index contributed by atoms with van der Waals surface area (Å²) >= 11 is 0. The van der Waals surface area contributed by atoms with Gasteiger partial charge in [0.2, 0.25) is 29.5 Å². The van der Waals surface area contributed by atoms with Crippen molar-refractivity contribution in [2.24, 2.45) is 5.92 Å². The van der Waals surface area contributed by atoms with Gasteiger partial charge in [-0.1, -0.05) is 44.2 Å². The summed E-state index contributed by atoms with van der Waals surface area (Å²) in [6, 6.07) is 12.4. The molecule has 1 radical (unpaired) electrons. The molecule has 17 nitrogen and oxygen atoms in total. The van der Waals surface area contributed by atoms with Crippen LogP contribution in [0, 0.1) is 12.0 Å². The van der Waals surface area contributed by atoms with E-state index < -0.39 is 101 Å². The standard InChI is InChI=1S/C45H52N7O10.Y/c1-5-28-25-52-32(24-35(28)54)39(55)49-37(29-17-11-8-12-18-29)45(61)62-26(3)36(48-41(57)38-34(53)20-13-21-46-38)40(56)47-30(6-2)42(58)51-22-14-19-31(51)43(59)50(4)33(44(52)60)23-27-15-9-7-10-16-27;/h8-13,15-18,20-21,26,28,30-33,36-37,53H,5-6,14,19,22-25H2,1-4H3,(H,47,56)(H,48,57)(H,49,55);/q-1;/t26-,28?,30-,31+,32+,33+,36+,37+;/m1./s1. The Morgan fingerprint density at radius 2 is 1.60 bits per heavy atom. The molecule has 0 saturated carbocycles. The summed E-state index contributed by atoms with van der Waals surface area (Å²) in [4.78, 5) is 122. The third kappa shape index (κ3) is 11.0. The van der Waals surface area contributed by atoms with Gasteiger partial charge in [-0.05, 0) is 56.7 Å². The van der Waals surface area contributed by atoms with Gasteiger partial charge in [-0.2, -0.15) is 35.9 Å². The van der Waals surface area contributed by atoms with Crippen LogP contribution in [0.5, 0.6) is 5.75 Å². The van der Waals surface area contributed by atoms with E-state index in [0.29, 0.717) is 18.4 Å². The molecule has 4 heterocycles. The summed E-state index contributed by atoms with van der Waals surface area (Å²) < 4.78 is 5.86. The number of benzene rings is 2. The molecular formula is C45H52N7O10Y-. The molecule has 1 unspecified atom stereocenters. The van der Waals surface area contributed by atoms with Crippen LogP contribution < -0.4 is 16.0 Å². The molecule has 0 bridgehead atoms.